The van der Waals surface area contributed by atoms with Gasteiger partial charge in [0.2, 0.25) is 0 Å². The smallest absolute Gasteiger partial charge is 2.00 e. The molecule has 0 aliphatic carbocycles. The van der Waals surface area contributed by atoms with Crippen LogP contribution in [0.1, 0.15) is 0 Å². The summed E-state index contributed by atoms with van der Waals surface area (Å²) in [6.45, 7) is 0. The van der Waals surface area contributed by atoms with Gasteiger partial charge in [-0.15, -0.1) is 0 Å². The molecular formula is AuO4V. The van der Waals surface area contributed by atoms with Crippen LogP contribution in [0.15, 0.2) is 0 Å². The van der Waals surface area contributed by atoms with Gasteiger partial charge in [0, 0.05) is 0 Å². The predicted molar refractivity (Wildman–Crippen MR) is 2.75 cm³/mol. The van der Waals surface area contributed by atoms with Gasteiger partial charge in [-0.3, -0.25) is 0 Å². The molecule has 0 spiro atoms. The molecule has 0 saturated carbocycles. The number of hydrogen-bond acceptors (Lipinski definition) is 0. The van der Waals surface area contributed by atoms with Crippen LogP contribution in [0.3, 0.4) is 0 Å². The van der Waals surface area contributed by atoms with E-state index < -0.39 is 0 Å². The maximum Gasteiger partial charge on any atom is 5.00 e. The van der Waals surface area contributed by atoms with E-state index in [9.17, 15) is 0 Å². The third-order valence-corrected chi connectivity index (χ3v) is 0. The zero-order chi connectivity index (χ0) is 0. The van der Waals surface area contributed by atoms with E-state index in [-0.39, 0.29) is 62.8 Å². The molecule has 0 N–H and O–H groups in total. The Morgan fingerprint density at radius 2 is 0.500 bits per heavy atom. The van der Waals surface area contributed by atoms with E-state index in [1.165, 1.54) is 0 Å². The maximum atomic E-state index is 0. The van der Waals surface area contributed by atoms with E-state index in [0.29, 0.717) is 0 Å². The Hall–Kier alpha value is 1.16. The topological polar surface area (TPSA) is 114 Å². The van der Waals surface area contributed by atoms with Gasteiger partial charge < -0.3 is 21.9 Å². The Labute approximate surface area is 62.9 Å². The minimum atomic E-state index is 0. The van der Waals surface area contributed by atoms with Crippen LogP contribution in [0.5, 0.6) is 0 Å². The molecular weight excluding hydrogens is 312 g/mol. The average Bonchev–Trinajstić information content (AvgIpc) is 0. The summed E-state index contributed by atoms with van der Waals surface area (Å²) in [6.07, 6.45) is 0. The molecule has 0 unspecified atom stereocenters. The molecule has 0 atom stereocenters. The van der Waals surface area contributed by atoms with Crippen LogP contribution >= 0.6 is 0 Å². The van der Waals surface area contributed by atoms with Crippen LogP contribution in [0.4, 0.5) is 0 Å². The summed E-state index contributed by atoms with van der Waals surface area (Å²) in [5, 5.41) is 0. The molecule has 0 aromatic rings. The third kappa shape index (κ3) is 66.0. The molecule has 0 aromatic heterocycles. The molecule has 4 nitrogen and oxygen atoms in total. The van der Waals surface area contributed by atoms with Gasteiger partial charge in [0.25, 0.3) is 0 Å². The summed E-state index contributed by atoms with van der Waals surface area (Å²) in [7, 11) is 0. The first kappa shape index (κ1) is 201. The summed E-state index contributed by atoms with van der Waals surface area (Å²) >= 11 is 0. The van der Waals surface area contributed by atoms with Crippen LogP contribution in [0.25, 0.3) is 0 Å². The molecule has 0 aliphatic rings. The van der Waals surface area contributed by atoms with Crippen molar-refractivity contribution in [2.45, 2.75) is 0 Å². The molecule has 0 aromatic carbocycles. The fraction of sp³-hybridized carbons (Fsp3) is 0. The first-order chi connectivity index (χ1) is 0. The van der Waals surface area contributed by atoms with Gasteiger partial charge in [-0.05, 0) is 0 Å². The van der Waals surface area contributed by atoms with E-state index in [4.69, 9.17) is 0 Å². The summed E-state index contributed by atoms with van der Waals surface area (Å²) < 4.78 is 0. The Kier molecular flexibility index (Phi) is 4060. The first-order valence-electron chi connectivity index (χ1n) is 0. The summed E-state index contributed by atoms with van der Waals surface area (Å²) in [4.78, 5) is 0. The first-order valence-corrected chi connectivity index (χ1v) is 0. The second-order valence-electron chi connectivity index (χ2n) is 0. The summed E-state index contributed by atoms with van der Waals surface area (Å²) in [6, 6.07) is 0. The van der Waals surface area contributed by atoms with E-state index in [0.717, 1.165) is 0 Å². The van der Waals surface area contributed by atoms with Crippen molar-refractivity contribution >= 4 is 0 Å². The molecule has 40 valence electrons. The quantitative estimate of drug-likeness (QED) is 0.538. The normalized spacial score (nSPS) is 0. The minimum absolute atomic E-state index is 0. The SMILES string of the molecule is [Au+3].[O-2].[O-2].[O-2].[O-2].[V+5]. The van der Waals surface area contributed by atoms with E-state index in [1.54, 1.807) is 0 Å². The van der Waals surface area contributed by atoms with Gasteiger partial charge in [0.1, 0.15) is 0 Å². The zero-order valence-electron chi connectivity index (χ0n) is 2.38. The van der Waals surface area contributed by atoms with Crippen molar-refractivity contribution in [2.75, 3.05) is 0 Å². The van der Waals surface area contributed by atoms with Crippen LogP contribution in [-0.4, -0.2) is 0 Å². The molecule has 0 aliphatic heterocycles. The van der Waals surface area contributed by atoms with Crippen molar-refractivity contribution in [2.24, 2.45) is 0 Å². The summed E-state index contributed by atoms with van der Waals surface area (Å²) in [5.41, 5.74) is 0. The molecule has 0 rings (SSSR count). The van der Waals surface area contributed by atoms with Gasteiger partial charge in [-0.2, -0.15) is 0 Å². The van der Waals surface area contributed by atoms with Gasteiger partial charge in [-0.1, -0.05) is 0 Å². The van der Waals surface area contributed by atoms with Crippen molar-refractivity contribution in [3.8, 4) is 0 Å². The molecule has 0 amide bonds. The van der Waals surface area contributed by atoms with Crippen molar-refractivity contribution in [3.63, 3.8) is 0 Å². The van der Waals surface area contributed by atoms with Crippen LogP contribution in [0, 0.1) is 0 Å². The molecule has 6 heteroatoms. The van der Waals surface area contributed by atoms with Crippen LogP contribution in [-0.2, 0) is 62.8 Å². The summed E-state index contributed by atoms with van der Waals surface area (Å²) in [5.74, 6) is 0. The van der Waals surface area contributed by atoms with Gasteiger partial charge in [0.15, 0.2) is 0 Å². The van der Waals surface area contributed by atoms with Gasteiger partial charge in [0.05, 0.1) is 0 Å². The fourth-order valence-electron chi connectivity index (χ4n) is 0. The van der Waals surface area contributed by atoms with E-state index in [2.05, 4.69) is 0 Å². The monoisotopic (exact) mass is 312 g/mol. The standard InChI is InChI=1S/Au.4O.V/q+3;4*-2;+5. The second-order valence-corrected chi connectivity index (χ2v) is 0. The average molecular weight is 312 g/mol. The van der Waals surface area contributed by atoms with Crippen LogP contribution < -0.4 is 0 Å². The third-order valence-electron chi connectivity index (χ3n) is 0. The van der Waals surface area contributed by atoms with Crippen molar-refractivity contribution in [3.05, 3.63) is 0 Å². The largest absolute Gasteiger partial charge is 5.00 e. The van der Waals surface area contributed by atoms with Crippen molar-refractivity contribution in [1.82, 2.24) is 0 Å². The zero-order valence-corrected chi connectivity index (χ0v) is 5.94. The predicted octanol–water partition coefficient (Wildman–Crippen LogP) is -0.480. The Morgan fingerprint density at radius 3 is 0.500 bits per heavy atom. The number of hydrogen-bond donors (Lipinski definition) is 0. The van der Waals surface area contributed by atoms with Gasteiger partial charge >= 0.3 is 40.9 Å². The molecule has 0 bridgehead atoms. The second kappa shape index (κ2) is 121. The molecule has 0 radical (unpaired) electrons. The van der Waals surface area contributed by atoms with Crippen molar-refractivity contribution < 1.29 is 62.8 Å². The Balaban J connectivity index is 0. The minimum Gasteiger partial charge on any atom is -2.00 e. The molecule has 6 heavy (non-hydrogen) atoms. The Bertz CT molecular complexity index is 7.51. The van der Waals surface area contributed by atoms with Crippen LogP contribution in [0.2, 0.25) is 0 Å². The van der Waals surface area contributed by atoms with Crippen molar-refractivity contribution in [1.29, 1.82) is 0 Å². The van der Waals surface area contributed by atoms with E-state index >= 15 is 0 Å². The maximum absolute atomic E-state index is 0. The molecule has 0 heterocycles. The number of rotatable bonds is 0. The fourth-order valence-corrected chi connectivity index (χ4v) is 0. The molecule has 0 fully saturated rings. The van der Waals surface area contributed by atoms with E-state index in [1.807, 2.05) is 0 Å². The Morgan fingerprint density at radius 1 is 0.500 bits per heavy atom. The molecule has 0 saturated heterocycles. The van der Waals surface area contributed by atoms with Gasteiger partial charge in [-0.25, -0.2) is 0 Å².